The third-order valence-electron chi connectivity index (χ3n) is 4.36. The summed E-state index contributed by atoms with van der Waals surface area (Å²) in [6.45, 7) is 4.08. The normalized spacial score (nSPS) is 10.7. The molecule has 0 saturated heterocycles. The van der Waals surface area contributed by atoms with Gasteiger partial charge in [-0.25, -0.2) is 13.9 Å². The monoisotopic (exact) mass is 508 g/mol. The predicted molar refractivity (Wildman–Crippen MR) is 123 cm³/mol. The van der Waals surface area contributed by atoms with Crippen LogP contribution in [-0.2, 0) is 9.84 Å². The Morgan fingerprint density at radius 1 is 1.19 bits per heavy atom. The quantitative estimate of drug-likeness (QED) is 0.202. The average molecular weight is 509 g/mol. The summed E-state index contributed by atoms with van der Waals surface area (Å²) in [7, 11) is -3.69. The number of benzene rings is 2. The standard InChI is InChI=1S/C22H25BrN2O5S/c1-3-4-5-6-7-12-30-18-8-10-19(11-9-18)31(28,29)15-24-21-16(2)13-17(23)14-20(21)22(26)25-27/h8-11,13-14,24,27H,3-5,12,15H2,1-2H3,(H,25,26). The first kappa shape index (κ1) is 24.7. The molecule has 2 aromatic rings. The Morgan fingerprint density at radius 2 is 1.90 bits per heavy atom. The highest BCUT2D eigenvalue weighted by molar-refractivity contribution is 9.10. The van der Waals surface area contributed by atoms with Crippen LogP contribution in [0.2, 0.25) is 0 Å². The van der Waals surface area contributed by atoms with E-state index in [1.54, 1.807) is 30.6 Å². The second-order valence-corrected chi connectivity index (χ2v) is 9.64. The molecule has 2 aromatic carbocycles. The van der Waals surface area contributed by atoms with Gasteiger partial charge in [0.2, 0.25) is 0 Å². The zero-order valence-electron chi connectivity index (χ0n) is 17.4. The Morgan fingerprint density at radius 3 is 2.55 bits per heavy atom. The van der Waals surface area contributed by atoms with Crippen molar-refractivity contribution in [2.75, 3.05) is 17.8 Å². The zero-order valence-corrected chi connectivity index (χ0v) is 19.8. The van der Waals surface area contributed by atoms with Gasteiger partial charge in [0.15, 0.2) is 9.84 Å². The number of amides is 1. The van der Waals surface area contributed by atoms with E-state index in [1.807, 2.05) is 0 Å². The topological polar surface area (TPSA) is 105 Å². The third kappa shape index (κ3) is 7.28. The van der Waals surface area contributed by atoms with E-state index in [4.69, 9.17) is 9.94 Å². The molecule has 0 saturated carbocycles. The van der Waals surface area contributed by atoms with Gasteiger partial charge in [0.25, 0.3) is 5.91 Å². The molecule has 0 bridgehead atoms. The second-order valence-electron chi connectivity index (χ2n) is 6.74. The lowest BCUT2D eigenvalue weighted by molar-refractivity contribution is 0.0707. The molecule has 1 amide bonds. The van der Waals surface area contributed by atoms with Crippen molar-refractivity contribution in [1.82, 2.24) is 5.48 Å². The molecule has 31 heavy (non-hydrogen) atoms. The number of ether oxygens (including phenoxy) is 1. The Hall–Kier alpha value is -2.54. The Bertz CT molecular complexity index is 1070. The highest BCUT2D eigenvalue weighted by Crippen LogP contribution is 2.27. The van der Waals surface area contributed by atoms with Crippen molar-refractivity contribution in [2.45, 2.75) is 38.0 Å². The number of anilines is 1. The Kier molecular flexibility index (Phi) is 9.37. The van der Waals surface area contributed by atoms with Crippen molar-refractivity contribution in [3.63, 3.8) is 0 Å². The van der Waals surface area contributed by atoms with Gasteiger partial charge in [-0.15, -0.1) is 0 Å². The van der Waals surface area contributed by atoms with Gasteiger partial charge in [0.1, 0.15) is 18.2 Å². The average Bonchev–Trinajstić information content (AvgIpc) is 2.74. The molecule has 0 aliphatic carbocycles. The maximum Gasteiger partial charge on any atom is 0.276 e. The molecule has 9 heteroatoms. The summed E-state index contributed by atoms with van der Waals surface area (Å²) >= 11 is 3.28. The molecule has 0 radical (unpaired) electrons. The summed E-state index contributed by atoms with van der Waals surface area (Å²) in [5.74, 6) is 5.31. The first-order valence-electron chi connectivity index (χ1n) is 9.68. The summed E-state index contributed by atoms with van der Waals surface area (Å²) in [6, 6.07) is 9.32. The molecule has 166 valence electrons. The number of hydrogen-bond donors (Lipinski definition) is 3. The molecule has 0 unspecified atom stereocenters. The van der Waals surface area contributed by atoms with Crippen molar-refractivity contribution < 1.29 is 23.2 Å². The molecule has 0 aliphatic heterocycles. The molecule has 7 nitrogen and oxygen atoms in total. The van der Waals surface area contributed by atoms with E-state index in [1.165, 1.54) is 18.2 Å². The summed E-state index contributed by atoms with van der Waals surface area (Å²) in [5.41, 5.74) is 2.65. The number of hydrogen-bond acceptors (Lipinski definition) is 6. The van der Waals surface area contributed by atoms with Gasteiger partial charge in [-0.1, -0.05) is 41.1 Å². The van der Waals surface area contributed by atoms with E-state index in [0.717, 1.165) is 19.3 Å². The Labute approximate surface area is 191 Å². The van der Waals surface area contributed by atoms with Crippen LogP contribution in [0.15, 0.2) is 45.8 Å². The van der Waals surface area contributed by atoms with Crippen LogP contribution in [0.25, 0.3) is 0 Å². The lowest BCUT2D eigenvalue weighted by Crippen LogP contribution is -2.23. The van der Waals surface area contributed by atoms with Crippen molar-refractivity contribution in [3.05, 3.63) is 52.0 Å². The second kappa shape index (κ2) is 11.7. The molecule has 0 aliphatic rings. The van der Waals surface area contributed by atoms with E-state index in [0.29, 0.717) is 21.5 Å². The number of rotatable bonds is 9. The van der Waals surface area contributed by atoms with E-state index >= 15 is 0 Å². The summed E-state index contributed by atoms with van der Waals surface area (Å²) < 4.78 is 31.6. The van der Waals surface area contributed by atoms with E-state index in [-0.39, 0.29) is 17.1 Å². The molecule has 0 fully saturated rings. The fourth-order valence-corrected chi connectivity index (χ4v) is 4.36. The molecule has 3 N–H and O–H groups in total. The van der Waals surface area contributed by atoms with Gasteiger partial charge in [0, 0.05) is 10.9 Å². The fourth-order valence-electron chi connectivity index (χ4n) is 2.73. The summed E-state index contributed by atoms with van der Waals surface area (Å²) in [4.78, 5) is 12.1. The van der Waals surface area contributed by atoms with Gasteiger partial charge >= 0.3 is 0 Å². The van der Waals surface area contributed by atoms with Crippen molar-refractivity contribution in [2.24, 2.45) is 0 Å². The summed E-state index contributed by atoms with van der Waals surface area (Å²) in [6.07, 6.45) is 2.99. The van der Waals surface area contributed by atoms with Crippen LogP contribution in [0, 0.1) is 18.8 Å². The van der Waals surface area contributed by atoms with Gasteiger partial charge in [-0.2, -0.15) is 0 Å². The predicted octanol–water partition coefficient (Wildman–Crippen LogP) is 4.29. The molecule has 0 spiro atoms. The van der Waals surface area contributed by atoms with Crippen LogP contribution in [0.1, 0.15) is 42.1 Å². The number of hydroxylamine groups is 1. The first-order valence-corrected chi connectivity index (χ1v) is 12.1. The van der Waals surface area contributed by atoms with E-state index < -0.39 is 21.6 Å². The molecule has 0 aromatic heterocycles. The molecule has 0 heterocycles. The number of carbonyl (C=O) groups excluding carboxylic acids is 1. The minimum atomic E-state index is -3.69. The number of sulfone groups is 1. The van der Waals surface area contributed by atoms with Crippen LogP contribution in [-0.4, -0.2) is 32.0 Å². The van der Waals surface area contributed by atoms with Gasteiger partial charge in [-0.05, 0) is 55.3 Å². The highest BCUT2D eigenvalue weighted by Gasteiger charge is 2.19. The SMILES string of the molecule is CCCCC#CCOc1ccc(S(=O)(=O)CNc2c(C)cc(Br)cc2C(=O)NO)cc1. The molecular formula is C22H25BrN2O5S. The van der Waals surface area contributed by atoms with E-state index in [2.05, 4.69) is 40.0 Å². The van der Waals surface area contributed by atoms with Crippen molar-refractivity contribution >= 4 is 37.4 Å². The fraction of sp³-hybridized carbons (Fsp3) is 0.318. The lowest BCUT2D eigenvalue weighted by atomic mass is 10.1. The molecule has 0 atom stereocenters. The van der Waals surface area contributed by atoms with Gasteiger partial charge < -0.3 is 10.1 Å². The first-order chi connectivity index (χ1) is 14.8. The number of unbranched alkanes of at least 4 members (excludes halogenated alkanes) is 2. The minimum Gasteiger partial charge on any atom is -0.481 e. The molecular weight excluding hydrogens is 484 g/mol. The van der Waals surface area contributed by atoms with Crippen LogP contribution < -0.4 is 15.5 Å². The Balaban J connectivity index is 2.07. The van der Waals surface area contributed by atoms with Crippen LogP contribution >= 0.6 is 15.9 Å². The smallest absolute Gasteiger partial charge is 0.276 e. The van der Waals surface area contributed by atoms with Crippen LogP contribution in [0.4, 0.5) is 5.69 Å². The van der Waals surface area contributed by atoms with Crippen molar-refractivity contribution in [1.29, 1.82) is 0 Å². The number of carbonyl (C=O) groups is 1. The number of nitrogens with one attached hydrogen (secondary N) is 2. The summed E-state index contributed by atoms with van der Waals surface area (Å²) in [5, 5.41) is 11.8. The highest BCUT2D eigenvalue weighted by atomic mass is 79.9. The van der Waals surface area contributed by atoms with Crippen LogP contribution in [0.3, 0.4) is 0 Å². The van der Waals surface area contributed by atoms with Crippen LogP contribution in [0.5, 0.6) is 5.75 Å². The van der Waals surface area contributed by atoms with E-state index in [9.17, 15) is 13.2 Å². The lowest BCUT2D eigenvalue weighted by Gasteiger charge is -2.15. The number of halogens is 1. The maximum absolute atomic E-state index is 12.7. The maximum atomic E-state index is 12.7. The molecule has 2 rings (SSSR count). The number of aryl methyl sites for hydroxylation is 1. The van der Waals surface area contributed by atoms with Crippen molar-refractivity contribution in [3.8, 4) is 17.6 Å². The third-order valence-corrected chi connectivity index (χ3v) is 6.33. The zero-order chi connectivity index (χ0) is 22.9. The largest absolute Gasteiger partial charge is 0.481 e. The van der Waals surface area contributed by atoms with Gasteiger partial charge in [-0.3, -0.25) is 10.0 Å². The minimum absolute atomic E-state index is 0.115. The van der Waals surface area contributed by atoms with Gasteiger partial charge in [0.05, 0.1) is 16.1 Å².